The minimum Gasteiger partial charge on any atom is -0.478 e. The van der Waals surface area contributed by atoms with Crippen molar-refractivity contribution in [3.63, 3.8) is 0 Å². The standard InChI is InChI=1S/C23H25Cl2N7O5S/c24-16-4-3-5-17(25)19(16)38(36,37)32-23(21(34)35,8-1-2-9-26-22-27-10-11-28-22)30-20(33)14-6-7-18-15(12-14)13-29-31-18/h3-7,12-13,32H,1-2,8-11H2,(H,29,31)(H,30,33)(H,34,35)(H2,26,27,28). The molecule has 1 aromatic heterocycles. The number of aromatic nitrogens is 2. The van der Waals surface area contributed by atoms with Crippen LogP contribution in [0.2, 0.25) is 10.0 Å². The first-order chi connectivity index (χ1) is 18.1. The first-order valence-electron chi connectivity index (χ1n) is 11.6. The third-order valence-electron chi connectivity index (χ3n) is 5.84. The van der Waals surface area contributed by atoms with Crippen LogP contribution < -0.4 is 20.7 Å². The number of guanidine groups is 1. The maximum absolute atomic E-state index is 13.4. The molecule has 38 heavy (non-hydrogen) atoms. The molecule has 0 fully saturated rings. The number of amides is 1. The van der Waals surface area contributed by atoms with Crippen LogP contribution in [0.15, 0.2) is 52.5 Å². The van der Waals surface area contributed by atoms with Gasteiger partial charge in [0.2, 0.25) is 15.7 Å². The Balaban J connectivity index is 1.61. The van der Waals surface area contributed by atoms with Gasteiger partial charge in [0.25, 0.3) is 5.91 Å². The van der Waals surface area contributed by atoms with Gasteiger partial charge >= 0.3 is 5.97 Å². The molecule has 1 amide bonds. The summed E-state index contributed by atoms with van der Waals surface area (Å²) in [6.45, 7) is 1.84. The van der Waals surface area contributed by atoms with E-state index in [-0.39, 0.29) is 28.5 Å². The van der Waals surface area contributed by atoms with Crippen molar-refractivity contribution < 1.29 is 23.1 Å². The number of aliphatic imine (C=N–C) groups is 1. The number of hydrogen-bond acceptors (Lipinski definition) is 8. The van der Waals surface area contributed by atoms with E-state index in [0.717, 1.165) is 6.54 Å². The molecule has 0 bridgehead atoms. The summed E-state index contributed by atoms with van der Waals surface area (Å²) in [5.41, 5.74) is -1.62. The molecule has 2 aromatic carbocycles. The van der Waals surface area contributed by atoms with Gasteiger partial charge in [-0.25, -0.2) is 13.2 Å². The first-order valence-corrected chi connectivity index (χ1v) is 13.8. The minimum atomic E-state index is -4.60. The fourth-order valence-electron chi connectivity index (χ4n) is 3.95. The number of halogens is 2. The molecule has 4 rings (SSSR count). The van der Waals surface area contributed by atoms with Gasteiger partial charge < -0.3 is 21.1 Å². The SMILES string of the molecule is O=C(NC(CCCCNC1=NCCN1)(NS(=O)(=O)c1c(Cl)cccc1Cl)C(=O)O)c1ccc2[nH]ncc2c1. The summed E-state index contributed by atoms with van der Waals surface area (Å²) in [5.74, 6) is -1.76. The summed E-state index contributed by atoms with van der Waals surface area (Å²) in [6, 6.07) is 8.68. The van der Waals surface area contributed by atoms with Crippen LogP contribution >= 0.6 is 23.2 Å². The van der Waals surface area contributed by atoms with E-state index in [2.05, 4.69) is 35.9 Å². The average Bonchev–Trinajstić information content (AvgIpc) is 3.54. The van der Waals surface area contributed by atoms with Crippen LogP contribution in [0.4, 0.5) is 0 Å². The molecule has 12 nitrogen and oxygen atoms in total. The van der Waals surface area contributed by atoms with Crippen LogP contribution in [0.1, 0.15) is 29.6 Å². The Morgan fingerprint density at radius 2 is 1.89 bits per heavy atom. The molecule has 2 heterocycles. The molecule has 0 spiro atoms. The highest BCUT2D eigenvalue weighted by Crippen LogP contribution is 2.30. The number of unbranched alkanes of at least 4 members (excludes halogenated alkanes) is 1. The van der Waals surface area contributed by atoms with Crippen molar-refractivity contribution in [1.82, 2.24) is 30.9 Å². The van der Waals surface area contributed by atoms with Crippen LogP contribution in [0.25, 0.3) is 10.9 Å². The van der Waals surface area contributed by atoms with Gasteiger partial charge in [0.1, 0.15) is 4.90 Å². The third-order valence-corrected chi connectivity index (χ3v) is 8.28. The molecule has 1 aliphatic heterocycles. The molecule has 6 N–H and O–H groups in total. The zero-order valence-electron chi connectivity index (χ0n) is 19.9. The Morgan fingerprint density at radius 3 is 2.58 bits per heavy atom. The zero-order chi connectivity index (χ0) is 27.3. The topological polar surface area (TPSA) is 178 Å². The van der Waals surface area contributed by atoms with Crippen molar-refractivity contribution in [2.45, 2.75) is 29.8 Å². The molecule has 0 saturated carbocycles. The van der Waals surface area contributed by atoms with E-state index < -0.39 is 32.5 Å². The normalized spacial score (nSPS) is 14.9. The lowest BCUT2D eigenvalue weighted by Gasteiger charge is -2.31. The molecule has 0 radical (unpaired) electrons. The number of carbonyl (C=O) groups is 2. The molecule has 0 saturated heterocycles. The molecule has 202 valence electrons. The smallest absolute Gasteiger partial charge is 0.345 e. The summed E-state index contributed by atoms with van der Waals surface area (Å²) in [5, 5.41) is 25.7. The summed E-state index contributed by atoms with van der Waals surface area (Å²) in [6.07, 6.45) is 1.92. The highest BCUT2D eigenvalue weighted by Gasteiger charge is 2.44. The highest BCUT2D eigenvalue weighted by molar-refractivity contribution is 7.89. The van der Waals surface area contributed by atoms with Crippen molar-refractivity contribution in [1.29, 1.82) is 0 Å². The lowest BCUT2D eigenvalue weighted by Crippen LogP contribution is -2.65. The van der Waals surface area contributed by atoms with Crippen molar-refractivity contribution >= 4 is 62.0 Å². The van der Waals surface area contributed by atoms with E-state index in [9.17, 15) is 23.1 Å². The Hall–Kier alpha value is -3.39. The zero-order valence-corrected chi connectivity index (χ0v) is 22.3. The molecular formula is C23H25Cl2N7O5S. The molecule has 1 atom stereocenters. The van der Waals surface area contributed by atoms with Crippen molar-refractivity contribution in [3.8, 4) is 0 Å². The lowest BCUT2D eigenvalue weighted by atomic mass is 10.0. The molecule has 0 aliphatic carbocycles. The molecule has 1 unspecified atom stereocenters. The number of sulfonamides is 1. The quantitative estimate of drug-likeness (QED) is 0.147. The molecule has 1 aliphatic rings. The van der Waals surface area contributed by atoms with E-state index in [1.54, 1.807) is 6.07 Å². The van der Waals surface area contributed by atoms with Crippen LogP contribution in [0.3, 0.4) is 0 Å². The predicted molar refractivity (Wildman–Crippen MR) is 143 cm³/mol. The summed E-state index contributed by atoms with van der Waals surface area (Å²) in [4.78, 5) is 29.6. The number of aliphatic carboxylic acids is 1. The number of nitrogens with one attached hydrogen (secondary N) is 5. The van der Waals surface area contributed by atoms with Gasteiger partial charge in [-0.1, -0.05) is 29.3 Å². The van der Waals surface area contributed by atoms with Crippen molar-refractivity contribution in [2.24, 2.45) is 4.99 Å². The molecule has 15 heteroatoms. The second-order valence-electron chi connectivity index (χ2n) is 8.53. The fraction of sp³-hybridized carbons (Fsp3) is 0.304. The number of benzene rings is 2. The summed E-state index contributed by atoms with van der Waals surface area (Å²) < 4.78 is 28.9. The minimum absolute atomic E-state index is 0.117. The maximum Gasteiger partial charge on any atom is 0.345 e. The monoisotopic (exact) mass is 581 g/mol. The van der Waals surface area contributed by atoms with Gasteiger partial charge in [-0.2, -0.15) is 9.82 Å². The lowest BCUT2D eigenvalue weighted by molar-refractivity contribution is -0.145. The number of hydrogen-bond donors (Lipinski definition) is 6. The Labute approximate surface area is 228 Å². The molecule has 3 aromatic rings. The largest absolute Gasteiger partial charge is 0.478 e. The second kappa shape index (κ2) is 11.6. The summed E-state index contributed by atoms with van der Waals surface area (Å²) >= 11 is 12.2. The van der Waals surface area contributed by atoms with Crippen LogP contribution in [-0.4, -0.2) is 66.9 Å². The Bertz CT molecular complexity index is 1470. The molecular weight excluding hydrogens is 557 g/mol. The van der Waals surface area contributed by atoms with Crippen molar-refractivity contribution in [3.05, 3.63) is 58.2 Å². The first kappa shape index (κ1) is 27.6. The van der Waals surface area contributed by atoms with E-state index in [1.165, 1.54) is 36.5 Å². The number of fused-ring (bicyclic) bond motifs is 1. The van der Waals surface area contributed by atoms with Gasteiger partial charge in [0.15, 0.2) is 5.96 Å². The number of rotatable bonds is 11. The van der Waals surface area contributed by atoms with E-state index in [4.69, 9.17) is 23.2 Å². The number of aromatic amines is 1. The van der Waals surface area contributed by atoms with Crippen LogP contribution in [0.5, 0.6) is 0 Å². The van der Waals surface area contributed by atoms with Crippen LogP contribution in [-0.2, 0) is 14.8 Å². The van der Waals surface area contributed by atoms with E-state index >= 15 is 0 Å². The maximum atomic E-state index is 13.4. The van der Waals surface area contributed by atoms with Gasteiger partial charge in [0, 0.05) is 24.0 Å². The van der Waals surface area contributed by atoms with E-state index in [1.807, 2.05) is 0 Å². The highest BCUT2D eigenvalue weighted by atomic mass is 35.5. The number of carbonyl (C=O) groups excluding carboxylic acids is 1. The van der Waals surface area contributed by atoms with Crippen LogP contribution in [0, 0.1) is 0 Å². The number of carboxylic acid groups (broad SMARTS) is 1. The second-order valence-corrected chi connectivity index (χ2v) is 11.0. The van der Waals surface area contributed by atoms with Gasteiger partial charge in [0.05, 0.1) is 28.3 Å². The van der Waals surface area contributed by atoms with E-state index in [0.29, 0.717) is 36.4 Å². The number of carboxylic acids is 1. The average molecular weight is 582 g/mol. The van der Waals surface area contributed by atoms with Gasteiger partial charge in [-0.05, 0) is 49.6 Å². The van der Waals surface area contributed by atoms with Gasteiger partial charge in [-0.15, -0.1) is 0 Å². The fourth-order valence-corrected chi connectivity index (χ4v) is 6.41. The third kappa shape index (κ3) is 6.18. The Morgan fingerprint density at radius 1 is 1.13 bits per heavy atom. The summed E-state index contributed by atoms with van der Waals surface area (Å²) in [7, 11) is -4.60. The van der Waals surface area contributed by atoms with Gasteiger partial charge in [-0.3, -0.25) is 14.9 Å². The predicted octanol–water partition coefficient (Wildman–Crippen LogP) is 2.08. The van der Waals surface area contributed by atoms with Crippen molar-refractivity contribution in [2.75, 3.05) is 19.6 Å². The number of nitrogens with zero attached hydrogens (tertiary/aromatic N) is 2. The Kier molecular flexibility index (Phi) is 8.41. The number of H-pyrrole nitrogens is 1.